The number of rotatable bonds is 6. The Labute approximate surface area is 154 Å². The average molecular weight is 368 g/mol. The van der Waals surface area contributed by atoms with Crippen molar-refractivity contribution in [3.63, 3.8) is 0 Å². The number of morpholine rings is 1. The Hall–Kier alpha value is -0.750. The molecule has 132 valence electrons. The van der Waals surface area contributed by atoms with Crippen LogP contribution in [0.25, 0.3) is 0 Å². The molecule has 1 fully saturated rings. The highest BCUT2D eigenvalue weighted by atomic mass is 35.5. The number of nitrogens with zero attached hydrogens (tertiary/aromatic N) is 3. The number of halogens is 1. The van der Waals surface area contributed by atoms with Crippen molar-refractivity contribution in [3.8, 4) is 0 Å². The van der Waals surface area contributed by atoms with E-state index in [1.54, 1.807) is 0 Å². The maximum absolute atomic E-state index is 6.01. The van der Waals surface area contributed by atoms with Gasteiger partial charge in [-0.25, -0.2) is 0 Å². The molecule has 4 nitrogen and oxygen atoms in total. The fraction of sp³-hybridized carbons (Fsp3) is 0.611. The first-order valence-corrected chi connectivity index (χ1v) is 10.1. The van der Waals surface area contributed by atoms with E-state index in [4.69, 9.17) is 21.3 Å². The molecule has 0 amide bonds. The number of hydrogen-bond acceptors (Lipinski definition) is 5. The van der Waals surface area contributed by atoms with Crippen molar-refractivity contribution in [1.29, 1.82) is 0 Å². The Bertz CT molecular complexity index is 532. The third kappa shape index (κ3) is 5.66. The van der Waals surface area contributed by atoms with Crippen LogP contribution in [0.4, 0.5) is 0 Å². The summed E-state index contributed by atoms with van der Waals surface area (Å²) in [6.07, 6.45) is 2.35. The molecule has 0 aliphatic carbocycles. The Morgan fingerprint density at radius 1 is 1.21 bits per heavy atom. The third-order valence-corrected chi connectivity index (χ3v) is 5.73. The van der Waals surface area contributed by atoms with Gasteiger partial charge < -0.3 is 9.64 Å². The molecule has 0 unspecified atom stereocenters. The largest absolute Gasteiger partial charge is 0.379 e. The van der Waals surface area contributed by atoms with Crippen molar-refractivity contribution < 1.29 is 4.74 Å². The molecule has 0 saturated carbocycles. The second-order valence-corrected chi connectivity index (χ2v) is 7.72. The summed E-state index contributed by atoms with van der Waals surface area (Å²) in [5, 5.41) is 2.00. The van der Waals surface area contributed by atoms with Crippen LogP contribution in [0.2, 0.25) is 5.02 Å². The summed E-state index contributed by atoms with van der Waals surface area (Å²) >= 11 is 7.91. The first-order chi connectivity index (χ1) is 11.8. The molecular weight excluding hydrogens is 342 g/mol. The van der Waals surface area contributed by atoms with Crippen molar-refractivity contribution in [3.05, 3.63) is 34.9 Å². The number of ether oxygens (including phenoxy) is 1. The molecule has 2 aliphatic heterocycles. The van der Waals surface area contributed by atoms with Gasteiger partial charge >= 0.3 is 0 Å². The standard InChI is InChI=1S/C18H26ClN3OS/c19-17-5-3-16(4-6-17)15-22(18-20-7-1-14-24-18)9-2-8-21-10-12-23-13-11-21/h3-6H,1-2,7-15H2. The van der Waals surface area contributed by atoms with Gasteiger partial charge in [-0.1, -0.05) is 35.5 Å². The lowest BCUT2D eigenvalue weighted by Gasteiger charge is -2.30. The molecule has 3 rings (SSSR count). The van der Waals surface area contributed by atoms with Gasteiger partial charge in [-0.15, -0.1) is 0 Å². The van der Waals surface area contributed by atoms with E-state index < -0.39 is 0 Å². The maximum atomic E-state index is 6.01. The van der Waals surface area contributed by atoms with E-state index in [2.05, 4.69) is 21.9 Å². The van der Waals surface area contributed by atoms with E-state index in [0.29, 0.717) is 0 Å². The van der Waals surface area contributed by atoms with Gasteiger partial charge in [0.15, 0.2) is 5.17 Å². The van der Waals surface area contributed by atoms with Gasteiger partial charge in [0.25, 0.3) is 0 Å². The highest BCUT2D eigenvalue weighted by molar-refractivity contribution is 8.13. The summed E-state index contributed by atoms with van der Waals surface area (Å²) in [5.74, 6) is 1.18. The molecule has 0 radical (unpaired) electrons. The Kier molecular flexibility index (Phi) is 7.27. The lowest BCUT2D eigenvalue weighted by Crippen LogP contribution is -2.39. The van der Waals surface area contributed by atoms with Crippen molar-refractivity contribution in [1.82, 2.24) is 9.80 Å². The summed E-state index contributed by atoms with van der Waals surface area (Å²) in [6.45, 7) is 7.92. The fourth-order valence-corrected chi connectivity index (χ4v) is 4.11. The molecule has 0 bridgehead atoms. The molecule has 6 heteroatoms. The van der Waals surface area contributed by atoms with Crippen LogP contribution in [-0.4, -0.2) is 66.7 Å². The highest BCUT2D eigenvalue weighted by Gasteiger charge is 2.16. The van der Waals surface area contributed by atoms with E-state index >= 15 is 0 Å². The maximum Gasteiger partial charge on any atom is 0.159 e. The van der Waals surface area contributed by atoms with Crippen molar-refractivity contribution in [2.45, 2.75) is 19.4 Å². The van der Waals surface area contributed by atoms with Gasteiger partial charge in [0.2, 0.25) is 0 Å². The van der Waals surface area contributed by atoms with Crippen molar-refractivity contribution in [2.75, 3.05) is 51.7 Å². The Morgan fingerprint density at radius 2 is 2.00 bits per heavy atom. The van der Waals surface area contributed by atoms with E-state index in [0.717, 1.165) is 63.9 Å². The number of thioether (sulfide) groups is 1. The van der Waals surface area contributed by atoms with Crippen LogP contribution >= 0.6 is 23.4 Å². The van der Waals surface area contributed by atoms with Crippen LogP contribution < -0.4 is 0 Å². The number of hydrogen-bond donors (Lipinski definition) is 0. The predicted molar refractivity (Wildman–Crippen MR) is 103 cm³/mol. The Balaban J connectivity index is 1.56. The molecule has 24 heavy (non-hydrogen) atoms. The highest BCUT2D eigenvalue weighted by Crippen LogP contribution is 2.19. The van der Waals surface area contributed by atoms with Gasteiger partial charge in [-0.2, -0.15) is 0 Å². The number of amidine groups is 1. The van der Waals surface area contributed by atoms with Gasteiger partial charge in [-0.05, 0) is 30.5 Å². The molecule has 1 saturated heterocycles. The number of benzene rings is 1. The second-order valence-electron chi connectivity index (χ2n) is 6.22. The zero-order valence-electron chi connectivity index (χ0n) is 14.1. The van der Waals surface area contributed by atoms with Gasteiger partial charge in [0.05, 0.1) is 13.2 Å². The number of aliphatic imine (C=N–C) groups is 1. The first kappa shape index (κ1) is 18.1. The lowest BCUT2D eigenvalue weighted by atomic mass is 10.2. The van der Waals surface area contributed by atoms with Crippen LogP contribution in [0.3, 0.4) is 0 Å². The molecular formula is C18H26ClN3OS. The fourth-order valence-electron chi connectivity index (χ4n) is 3.00. The summed E-state index contributed by atoms with van der Waals surface area (Å²) < 4.78 is 5.43. The molecule has 0 spiro atoms. The lowest BCUT2D eigenvalue weighted by molar-refractivity contribution is 0.0368. The summed E-state index contributed by atoms with van der Waals surface area (Å²) in [6, 6.07) is 8.17. The van der Waals surface area contributed by atoms with Crippen LogP contribution in [0.1, 0.15) is 18.4 Å². The van der Waals surface area contributed by atoms with Crippen LogP contribution in [0.15, 0.2) is 29.3 Å². The Morgan fingerprint density at radius 3 is 2.71 bits per heavy atom. The predicted octanol–water partition coefficient (Wildman–Crippen LogP) is 3.36. The minimum Gasteiger partial charge on any atom is -0.379 e. The van der Waals surface area contributed by atoms with E-state index in [-0.39, 0.29) is 0 Å². The topological polar surface area (TPSA) is 28.1 Å². The SMILES string of the molecule is Clc1ccc(CN(CCCN2CCOCC2)C2=NCCCS2)cc1. The first-order valence-electron chi connectivity index (χ1n) is 8.78. The van der Waals surface area contributed by atoms with Crippen LogP contribution in [-0.2, 0) is 11.3 Å². The molecule has 1 aromatic rings. The molecule has 0 atom stereocenters. The zero-order valence-corrected chi connectivity index (χ0v) is 15.7. The average Bonchev–Trinajstić information content (AvgIpc) is 2.64. The van der Waals surface area contributed by atoms with Crippen molar-refractivity contribution in [2.24, 2.45) is 4.99 Å². The minimum atomic E-state index is 0.794. The molecule has 0 N–H and O–H groups in total. The summed E-state index contributed by atoms with van der Waals surface area (Å²) in [4.78, 5) is 9.69. The molecule has 0 aromatic heterocycles. The smallest absolute Gasteiger partial charge is 0.159 e. The van der Waals surface area contributed by atoms with Gasteiger partial charge in [0, 0.05) is 50.0 Å². The molecule has 2 heterocycles. The molecule has 1 aromatic carbocycles. The van der Waals surface area contributed by atoms with E-state index in [9.17, 15) is 0 Å². The van der Waals surface area contributed by atoms with Crippen LogP contribution in [0, 0.1) is 0 Å². The normalized spacial score (nSPS) is 19.1. The van der Waals surface area contributed by atoms with E-state index in [1.807, 2.05) is 23.9 Å². The van der Waals surface area contributed by atoms with Gasteiger partial charge in [-0.3, -0.25) is 9.89 Å². The van der Waals surface area contributed by atoms with Crippen LogP contribution in [0.5, 0.6) is 0 Å². The quantitative estimate of drug-likeness (QED) is 0.770. The summed E-state index contributed by atoms with van der Waals surface area (Å²) in [7, 11) is 0. The summed E-state index contributed by atoms with van der Waals surface area (Å²) in [5.41, 5.74) is 1.29. The van der Waals surface area contributed by atoms with E-state index in [1.165, 1.54) is 22.9 Å². The third-order valence-electron chi connectivity index (χ3n) is 4.34. The monoisotopic (exact) mass is 367 g/mol. The minimum absolute atomic E-state index is 0.794. The zero-order chi connectivity index (χ0) is 16.6. The molecule has 2 aliphatic rings. The van der Waals surface area contributed by atoms with Gasteiger partial charge in [0.1, 0.15) is 0 Å². The second kappa shape index (κ2) is 9.66. The van der Waals surface area contributed by atoms with Crippen molar-refractivity contribution >= 4 is 28.5 Å².